The largest absolute Gasteiger partial charge is 0.474 e. The molecular formula is C28H32ClN5O4. The highest BCUT2D eigenvalue weighted by molar-refractivity contribution is 5.95. The number of rotatable bonds is 11. The van der Waals surface area contributed by atoms with Gasteiger partial charge in [0.15, 0.2) is 0 Å². The topological polar surface area (TPSA) is 131 Å². The molecule has 3 aromatic rings. The summed E-state index contributed by atoms with van der Waals surface area (Å²) in [7, 11) is 1.33. The number of carbonyl (C=O) groups excluding carboxylic acids is 2. The minimum absolute atomic E-state index is 0. The van der Waals surface area contributed by atoms with E-state index in [1.807, 2.05) is 41.3 Å². The van der Waals surface area contributed by atoms with Crippen molar-refractivity contribution in [2.24, 2.45) is 11.7 Å². The van der Waals surface area contributed by atoms with Crippen LogP contribution in [0.5, 0.6) is 5.88 Å². The fourth-order valence-corrected chi connectivity index (χ4v) is 4.53. The summed E-state index contributed by atoms with van der Waals surface area (Å²) in [5.74, 6) is -0.472. The SMILES string of the molecule is COC(=O)C[C@@H]1C[C@@H](COc2ccc(-c3ccc(C(=N)N)cc3)nn2)N(CCCc2ccccc2)C1=O.Cl. The molecule has 0 unspecified atom stereocenters. The summed E-state index contributed by atoms with van der Waals surface area (Å²) in [6.07, 6.45) is 2.26. The van der Waals surface area contributed by atoms with Gasteiger partial charge in [-0.05, 0) is 30.9 Å². The van der Waals surface area contributed by atoms with Gasteiger partial charge in [0, 0.05) is 23.7 Å². The van der Waals surface area contributed by atoms with E-state index in [0.717, 1.165) is 18.4 Å². The molecule has 0 aliphatic carbocycles. The molecule has 0 saturated carbocycles. The summed E-state index contributed by atoms with van der Waals surface area (Å²) >= 11 is 0. The molecule has 1 aliphatic rings. The number of ether oxygens (including phenoxy) is 2. The second kappa shape index (κ2) is 13.5. The zero-order chi connectivity index (χ0) is 26.2. The Hall–Kier alpha value is -3.98. The van der Waals surface area contributed by atoms with E-state index in [1.165, 1.54) is 12.7 Å². The first-order valence-electron chi connectivity index (χ1n) is 12.3. The lowest BCUT2D eigenvalue weighted by Gasteiger charge is -2.24. The van der Waals surface area contributed by atoms with Gasteiger partial charge in [-0.3, -0.25) is 15.0 Å². The van der Waals surface area contributed by atoms with Crippen molar-refractivity contribution in [1.82, 2.24) is 15.1 Å². The molecule has 1 amide bonds. The van der Waals surface area contributed by atoms with Gasteiger partial charge in [-0.1, -0.05) is 54.6 Å². The third-order valence-corrected chi connectivity index (χ3v) is 6.53. The van der Waals surface area contributed by atoms with Crippen LogP contribution < -0.4 is 10.5 Å². The van der Waals surface area contributed by atoms with Gasteiger partial charge >= 0.3 is 5.97 Å². The molecule has 1 saturated heterocycles. The Kier molecular flexibility index (Phi) is 10.2. The van der Waals surface area contributed by atoms with E-state index in [9.17, 15) is 9.59 Å². The number of aromatic nitrogens is 2. The molecule has 1 aromatic heterocycles. The lowest BCUT2D eigenvalue weighted by molar-refractivity contribution is -0.144. The molecule has 0 bridgehead atoms. The first-order valence-corrected chi connectivity index (χ1v) is 12.3. The molecule has 9 nitrogen and oxygen atoms in total. The lowest BCUT2D eigenvalue weighted by Crippen LogP contribution is -2.38. The number of amides is 1. The van der Waals surface area contributed by atoms with Gasteiger partial charge < -0.3 is 20.1 Å². The van der Waals surface area contributed by atoms with E-state index in [-0.39, 0.29) is 49.2 Å². The van der Waals surface area contributed by atoms with Crippen molar-refractivity contribution < 1.29 is 19.1 Å². The van der Waals surface area contributed by atoms with Gasteiger partial charge in [-0.2, -0.15) is 0 Å². The highest BCUT2D eigenvalue weighted by Crippen LogP contribution is 2.29. The fourth-order valence-electron chi connectivity index (χ4n) is 4.53. The van der Waals surface area contributed by atoms with Gasteiger partial charge in [-0.15, -0.1) is 22.6 Å². The molecule has 10 heteroatoms. The molecule has 200 valence electrons. The average molecular weight is 538 g/mol. The van der Waals surface area contributed by atoms with E-state index in [4.69, 9.17) is 20.6 Å². The van der Waals surface area contributed by atoms with Gasteiger partial charge in [0.1, 0.15) is 12.4 Å². The minimum Gasteiger partial charge on any atom is -0.474 e. The number of nitrogen functional groups attached to an aromatic ring is 1. The first kappa shape index (κ1) is 28.6. The quantitative estimate of drug-likeness (QED) is 0.217. The molecule has 2 atom stereocenters. The Morgan fingerprint density at radius 3 is 2.45 bits per heavy atom. The smallest absolute Gasteiger partial charge is 0.306 e. The fraction of sp³-hybridized carbons (Fsp3) is 0.321. The van der Waals surface area contributed by atoms with Crippen molar-refractivity contribution in [2.45, 2.75) is 31.7 Å². The number of halogens is 1. The number of hydrogen-bond acceptors (Lipinski definition) is 7. The molecule has 1 aliphatic heterocycles. The number of methoxy groups -OCH3 is 1. The molecule has 38 heavy (non-hydrogen) atoms. The third kappa shape index (κ3) is 7.29. The predicted molar refractivity (Wildman–Crippen MR) is 146 cm³/mol. The first-order chi connectivity index (χ1) is 17.9. The summed E-state index contributed by atoms with van der Waals surface area (Å²) in [6.45, 7) is 0.844. The third-order valence-electron chi connectivity index (χ3n) is 6.53. The summed E-state index contributed by atoms with van der Waals surface area (Å²) in [5, 5.41) is 15.9. The number of amidine groups is 1. The van der Waals surface area contributed by atoms with Crippen LogP contribution in [0.25, 0.3) is 11.3 Å². The number of carbonyl (C=O) groups is 2. The normalized spacial score (nSPS) is 16.6. The van der Waals surface area contributed by atoms with E-state index >= 15 is 0 Å². The van der Waals surface area contributed by atoms with Crippen LogP contribution in [0.2, 0.25) is 0 Å². The minimum atomic E-state index is -0.413. The Bertz CT molecular complexity index is 1220. The highest BCUT2D eigenvalue weighted by atomic mass is 35.5. The van der Waals surface area contributed by atoms with E-state index in [1.54, 1.807) is 18.2 Å². The van der Waals surface area contributed by atoms with Crippen LogP contribution >= 0.6 is 12.4 Å². The predicted octanol–water partition coefficient (Wildman–Crippen LogP) is 3.64. The van der Waals surface area contributed by atoms with Crippen LogP contribution in [0, 0.1) is 11.3 Å². The van der Waals surface area contributed by atoms with Gasteiger partial charge in [-0.25, -0.2) is 0 Å². The molecule has 3 N–H and O–H groups in total. The molecule has 1 fully saturated rings. The lowest BCUT2D eigenvalue weighted by atomic mass is 10.0. The maximum atomic E-state index is 13.1. The Morgan fingerprint density at radius 2 is 1.82 bits per heavy atom. The van der Waals surface area contributed by atoms with Crippen LogP contribution in [-0.4, -0.2) is 59.1 Å². The van der Waals surface area contributed by atoms with Gasteiger partial charge in [0.25, 0.3) is 0 Å². The monoisotopic (exact) mass is 537 g/mol. The van der Waals surface area contributed by atoms with E-state index in [0.29, 0.717) is 30.1 Å². The van der Waals surface area contributed by atoms with E-state index < -0.39 is 5.92 Å². The maximum absolute atomic E-state index is 13.1. The van der Waals surface area contributed by atoms with Crippen LogP contribution in [0.15, 0.2) is 66.7 Å². The van der Waals surface area contributed by atoms with Gasteiger partial charge in [0.2, 0.25) is 11.8 Å². The molecule has 0 spiro atoms. The second-order valence-corrected chi connectivity index (χ2v) is 9.05. The van der Waals surface area contributed by atoms with Crippen LogP contribution in [0.1, 0.15) is 30.4 Å². The van der Waals surface area contributed by atoms with Crippen molar-refractivity contribution in [3.63, 3.8) is 0 Å². The number of likely N-dealkylation sites (tertiary alicyclic amines) is 1. The molecule has 4 rings (SSSR count). The van der Waals surface area contributed by atoms with Crippen molar-refractivity contribution in [2.75, 3.05) is 20.3 Å². The number of benzene rings is 2. The van der Waals surface area contributed by atoms with Crippen molar-refractivity contribution >= 4 is 30.1 Å². The highest BCUT2D eigenvalue weighted by Gasteiger charge is 2.40. The van der Waals surface area contributed by atoms with E-state index in [2.05, 4.69) is 22.3 Å². The van der Waals surface area contributed by atoms with Crippen molar-refractivity contribution in [3.05, 3.63) is 77.9 Å². The van der Waals surface area contributed by atoms with Crippen LogP contribution in [0.4, 0.5) is 0 Å². The summed E-state index contributed by atoms with van der Waals surface area (Å²) < 4.78 is 10.7. The zero-order valence-electron chi connectivity index (χ0n) is 21.2. The Balaban J connectivity index is 0.00000400. The van der Waals surface area contributed by atoms with Gasteiger partial charge in [0.05, 0.1) is 31.2 Å². The van der Waals surface area contributed by atoms with Crippen LogP contribution in [-0.2, 0) is 20.7 Å². The number of nitrogens with zero attached hydrogens (tertiary/aromatic N) is 3. The number of esters is 1. The number of aryl methyl sites for hydroxylation is 1. The number of hydrogen-bond donors (Lipinski definition) is 2. The Labute approximate surface area is 228 Å². The molecular weight excluding hydrogens is 506 g/mol. The van der Waals surface area contributed by atoms with Crippen LogP contribution in [0.3, 0.4) is 0 Å². The summed E-state index contributed by atoms with van der Waals surface area (Å²) in [4.78, 5) is 26.8. The summed E-state index contributed by atoms with van der Waals surface area (Å²) in [6, 6.07) is 20.7. The molecule has 2 heterocycles. The van der Waals surface area contributed by atoms with Crippen molar-refractivity contribution in [1.29, 1.82) is 5.41 Å². The standard InChI is InChI=1S/C28H31N5O4.ClH/c1-36-26(34)17-22-16-23(33(28(22)35)15-5-8-19-6-3-2-4-7-19)18-37-25-14-13-24(31-32-25)20-9-11-21(12-10-20)27(29)30;/h2-4,6-7,9-14,22-23H,5,8,15-18H2,1H3,(H3,29,30);1H/t22-,23-;/m0./s1. The second-order valence-electron chi connectivity index (χ2n) is 9.05. The number of nitrogens with two attached hydrogens (primary N) is 1. The molecule has 2 aromatic carbocycles. The molecule has 0 radical (unpaired) electrons. The summed E-state index contributed by atoms with van der Waals surface area (Å²) in [5.41, 5.74) is 8.89. The Morgan fingerprint density at radius 1 is 1.08 bits per heavy atom. The maximum Gasteiger partial charge on any atom is 0.306 e. The zero-order valence-corrected chi connectivity index (χ0v) is 22.0. The number of nitrogens with one attached hydrogen (secondary N) is 1. The average Bonchev–Trinajstić information content (AvgIpc) is 3.22. The van der Waals surface area contributed by atoms with Crippen molar-refractivity contribution in [3.8, 4) is 17.1 Å².